The highest BCUT2D eigenvalue weighted by Crippen LogP contribution is 2.07. The van der Waals surface area contributed by atoms with Gasteiger partial charge in [-0.25, -0.2) is 0 Å². The molecule has 0 aliphatic heterocycles. The van der Waals surface area contributed by atoms with Crippen LogP contribution in [0.3, 0.4) is 0 Å². The van der Waals surface area contributed by atoms with E-state index in [-0.39, 0.29) is 18.6 Å². The van der Waals surface area contributed by atoms with Crippen LogP contribution < -0.4 is 5.32 Å². The second-order valence-electron chi connectivity index (χ2n) is 5.14. The lowest BCUT2D eigenvalue weighted by atomic mass is 10.0. The predicted molar refractivity (Wildman–Crippen MR) is 83.0 cm³/mol. The zero-order chi connectivity index (χ0) is 15.7. The molecule has 0 bridgehead atoms. The number of amides is 1. The summed E-state index contributed by atoms with van der Waals surface area (Å²) >= 11 is 0. The highest BCUT2D eigenvalue weighted by Gasteiger charge is 2.16. The summed E-state index contributed by atoms with van der Waals surface area (Å²) in [6, 6.07) is 7.14. The zero-order valence-corrected chi connectivity index (χ0v) is 12.8. The first kappa shape index (κ1) is 17.2. The lowest BCUT2D eigenvalue weighted by Crippen LogP contribution is -2.41. The molecule has 1 aromatic rings. The molecule has 0 aliphatic rings. The maximum absolute atomic E-state index is 12.3. The van der Waals surface area contributed by atoms with Crippen molar-refractivity contribution >= 4 is 5.91 Å². The van der Waals surface area contributed by atoms with E-state index >= 15 is 0 Å². The number of carbonyl (C=O) groups excluding carboxylic acids is 1. The van der Waals surface area contributed by atoms with Crippen molar-refractivity contribution in [3.8, 4) is 11.8 Å². The molecule has 1 aromatic carbocycles. The molecule has 0 radical (unpaired) electrons. The van der Waals surface area contributed by atoms with Crippen LogP contribution in [-0.4, -0.2) is 37.4 Å². The summed E-state index contributed by atoms with van der Waals surface area (Å²) in [4.78, 5) is 12.3. The minimum Gasteiger partial charge on any atom is -0.395 e. The summed E-state index contributed by atoms with van der Waals surface area (Å²) < 4.78 is 5.13. The van der Waals surface area contributed by atoms with Gasteiger partial charge in [-0.1, -0.05) is 31.8 Å². The number of hydrogen-bond donors (Lipinski definition) is 2. The molecule has 21 heavy (non-hydrogen) atoms. The maximum Gasteiger partial charge on any atom is 0.251 e. The Morgan fingerprint density at radius 3 is 2.81 bits per heavy atom. The molecule has 4 heteroatoms. The van der Waals surface area contributed by atoms with Gasteiger partial charge in [0.1, 0.15) is 0 Å². The first-order valence-electron chi connectivity index (χ1n) is 7.08. The molecule has 2 N–H and O–H groups in total. The minimum absolute atomic E-state index is 0.0216. The predicted octanol–water partition coefficient (Wildman–Crippen LogP) is 1.82. The molecule has 4 nitrogen and oxygen atoms in total. The monoisotopic (exact) mass is 289 g/mol. The number of hydrogen-bond acceptors (Lipinski definition) is 3. The lowest BCUT2D eigenvalue weighted by molar-refractivity contribution is 0.0866. The van der Waals surface area contributed by atoms with Gasteiger partial charge in [-0.3, -0.25) is 4.79 Å². The molecule has 0 aliphatic carbocycles. The van der Waals surface area contributed by atoms with E-state index in [4.69, 9.17) is 9.84 Å². The van der Waals surface area contributed by atoms with Crippen LogP contribution in [0, 0.1) is 17.8 Å². The topological polar surface area (TPSA) is 58.6 Å². The molecular formula is C17H23NO3. The van der Waals surface area contributed by atoms with Gasteiger partial charge in [0.15, 0.2) is 0 Å². The molecule has 0 saturated heterocycles. The Morgan fingerprint density at radius 1 is 1.43 bits per heavy atom. The van der Waals surface area contributed by atoms with Crippen molar-refractivity contribution in [1.82, 2.24) is 5.32 Å². The van der Waals surface area contributed by atoms with Gasteiger partial charge < -0.3 is 15.2 Å². The molecule has 0 aromatic heterocycles. The SMILES string of the molecule is COCC(NC(=O)c1cccc(C#CCCO)c1)C(C)C. The third-order valence-corrected chi connectivity index (χ3v) is 3.06. The number of methoxy groups -OCH3 is 1. The van der Waals surface area contributed by atoms with Crippen LogP contribution in [0.5, 0.6) is 0 Å². The first-order chi connectivity index (χ1) is 10.1. The van der Waals surface area contributed by atoms with Crippen LogP contribution in [-0.2, 0) is 4.74 Å². The number of nitrogens with one attached hydrogen (secondary N) is 1. The van der Waals surface area contributed by atoms with Crippen LogP contribution >= 0.6 is 0 Å². The van der Waals surface area contributed by atoms with E-state index < -0.39 is 0 Å². The molecule has 1 unspecified atom stereocenters. The molecule has 0 saturated carbocycles. The Kier molecular flexibility index (Phi) is 7.52. The lowest BCUT2D eigenvalue weighted by Gasteiger charge is -2.21. The Labute approximate surface area is 126 Å². The smallest absolute Gasteiger partial charge is 0.251 e. The van der Waals surface area contributed by atoms with Crippen molar-refractivity contribution < 1.29 is 14.6 Å². The van der Waals surface area contributed by atoms with Gasteiger partial charge in [-0.15, -0.1) is 0 Å². The van der Waals surface area contributed by atoms with E-state index in [1.54, 1.807) is 25.3 Å². The largest absolute Gasteiger partial charge is 0.395 e. The van der Waals surface area contributed by atoms with Crippen molar-refractivity contribution in [2.75, 3.05) is 20.3 Å². The molecule has 1 amide bonds. The third kappa shape index (κ3) is 5.99. The maximum atomic E-state index is 12.3. The molecule has 0 fully saturated rings. The van der Waals surface area contributed by atoms with Gasteiger partial charge >= 0.3 is 0 Å². The van der Waals surface area contributed by atoms with Crippen LogP contribution in [0.2, 0.25) is 0 Å². The van der Waals surface area contributed by atoms with Gasteiger partial charge in [-0.05, 0) is 24.1 Å². The summed E-state index contributed by atoms with van der Waals surface area (Å²) in [5.41, 5.74) is 1.34. The average Bonchev–Trinajstić information content (AvgIpc) is 2.47. The Hall–Kier alpha value is -1.83. The minimum atomic E-state index is -0.128. The zero-order valence-electron chi connectivity index (χ0n) is 12.8. The van der Waals surface area contributed by atoms with Gasteiger partial charge in [-0.2, -0.15) is 0 Å². The third-order valence-electron chi connectivity index (χ3n) is 3.06. The fraction of sp³-hybridized carbons (Fsp3) is 0.471. The second-order valence-corrected chi connectivity index (χ2v) is 5.14. The van der Waals surface area contributed by atoms with Crippen LogP contribution in [0.1, 0.15) is 36.2 Å². The number of aliphatic hydroxyl groups excluding tert-OH is 1. The average molecular weight is 289 g/mol. The van der Waals surface area contributed by atoms with Crippen molar-refractivity contribution in [2.45, 2.75) is 26.3 Å². The van der Waals surface area contributed by atoms with E-state index in [1.165, 1.54) is 0 Å². The van der Waals surface area contributed by atoms with E-state index in [1.807, 2.05) is 19.9 Å². The van der Waals surface area contributed by atoms with E-state index in [0.717, 1.165) is 5.56 Å². The van der Waals surface area contributed by atoms with Crippen molar-refractivity contribution in [1.29, 1.82) is 0 Å². The van der Waals surface area contributed by atoms with Crippen molar-refractivity contribution in [2.24, 2.45) is 5.92 Å². The Balaban J connectivity index is 2.78. The van der Waals surface area contributed by atoms with Gasteiger partial charge in [0, 0.05) is 24.7 Å². The molecular weight excluding hydrogens is 266 g/mol. The normalized spacial score (nSPS) is 11.7. The second kappa shape index (κ2) is 9.17. The number of ether oxygens (including phenoxy) is 1. The van der Waals surface area contributed by atoms with Crippen LogP contribution in [0.4, 0.5) is 0 Å². The number of rotatable bonds is 6. The Bertz CT molecular complexity index is 514. The fourth-order valence-corrected chi connectivity index (χ4v) is 1.79. The van der Waals surface area contributed by atoms with Crippen molar-refractivity contribution in [3.05, 3.63) is 35.4 Å². The highest BCUT2D eigenvalue weighted by atomic mass is 16.5. The van der Waals surface area contributed by atoms with Crippen LogP contribution in [0.15, 0.2) is 24.3 Å². The quantitative estimate of drug-likeness (QED) is 0.785. The van der Waals surface area contributed by atoms with E-state index in [0.29, 0.717) is 24.5 Å². The fourth-order valence-electron chi connectivity index (χ4n) is 1.79. The standard InChI is InChI=1S/C17H23NO3/c1-13(2)16(12-21-3)18-17(20)15-9-6-8-14(11-15)7-4-5-10-19/h6,8-9,11,13,16,19H,5,10,12H2,1-3H3,(H,18,20). The van der Waals surface area contributed by atoms with E-state index in [2.05, 4.69) is 17.2 Å². The molecule has 0 heterocycles. The molecule has 0 spiro atoms. The first-order valence-corrected chi connectivity index (χ1v) is 7.08. The van der Waals surface area contributed by atoms with Gasteiger partial charge in [0.25, 0.3) is 5.91 Å². The Morgan fingerprint density at radius 2 is 2.19 bits per heavy atom. The van der Waals surface area contributed by atoms with Gasteiger partial charge in [0.05, 0.1) is 19.3 Å². The number of aliphatic hydroxyl groups is 1. The van der Waals surface area contributed by atoms with Crippen molar-refractivity contribution in [3.63, 3.8) is 0 Å². The number of benzene rings is 1. The highest BCUT2D eigenvalue weighted by molar-refractivity contribution is 5.94. The summed E-state index contributed by atoms with van der Waals surface area (Å²) in [5, 5.41) is 11.7. The summed E-state index contributed by atoms with van der Waals surface area (Å²) in [5.74, 6) is 5.94. The molecule has 114 valence electrons. The molecule has 1 rings (SSSR count). The van der Waals surface area contributed by atoms with Gasteiger partial charge in [0.2, 0.25) is 0 Å². The summed E-state index contributed by atoms with van der Waals surface area (Å²) in [6.07, 6.45) is 0.430. The van der Waals surface area contributed by atoms with E-state index in [9.17, 15) is 4.79 Å². The summed E-state index contributed by atoms with van der Waals surface area (Å²) in [7, 11) is 1.62. The van der Waals surface area contributed by atoms with Crippen LogP contribution in [0.25, 0.3) is 0 Å². The summed E-state index contributed by atoms with van der Waals surface area (Å²) in [6.45, 7) is 4.61. The number of carbonyl (C=O) groups is 1. The molecule has 1 atom stereocenters.